The normalized spacial score (nSPS) is 11.1. The van der Waals surface area contributed by atoms with E-state index in [0.29, 0.717) is 0 Å². The highest BCUT2D eigenvalue weighted by atomic mass is 79.9. The molecule has 0 atom stereocenters. The lowest BCUT2D eigenvalue weighted by molar-refractivity contribution is 1.10. The van der Waals surface area contributed by atoms with E-state index in [4.69, 9.17) is 0 Å². The number of rotatable bonds is 2. The minimum absolute atomic E-state index is 0.728. The summed E-state index contributed by atoms with van der Waals surface area (Å²) >= 11 is 3.43. The third kappa shape index (κ3) is 2.15. The first-order chi connectivity index (χ1) is 10.3. The topological polar surface area (TPSA) is 42.2 Å². The van der Waals surface area contributed by atoms with Gasteiger partial charge in [0.2, 0.25) is 0 Å². The minimum Gasteiger partial charge on any atom is -0.337 e. The van der Waals surface area contributed by atoms with Gasteiger partial charge in [-0.2, -0.15) is 0 Å². The maximum atomic E-state index is 4.50. The van der Waals surface area contributed by atoms with Crippen LogP contribution in [0.15, 0.2) is 65.7 Å². The lowest BCUT2D eigenvalue weighted by atomic mass is 10.1. The number of imidazole rings is 1. The van der Waals surface area contributed by atoms with Crippen LogP contribution in [0.2, 0.25) is 0 Å². The fourth-order valence-corrected chi connectivity index (χ4v) is 2.84. The average Bonchev–Trinajstić information content (AvgIpc) is 2.96. The van der Waals surface area contributed by atoms with Gasteiger partial charge >= 0.3 is 0 Å². The van der Waals surface area contributed by atoms with Crippen molar-refractivity contribution in [2.45, 2.75) is 0 Å². The summed E-state index contributed by atoms with van der Waals surface area (Å²) in [6, 6.07) is 14.4. The van der Waals surface area contributed by atoms with Crippen molar-refractivity contribution < 1.29 is 0 Å². The maximum absolute atomic E-state index is 4.50. The molecule has 4 rings (SSSR count). The maximum Gasteiger partial charge on any atom is 0.180 e. The molecule has 0 spiro atoms. The van der Waals surface area contributed by atoms with Crippen molar-refractivity contribution in [3.8, 4) is 0 Å². The van der Waals surface area contributed by atoms with Gasteiger partial charge in [0.25, 0.3) is 0 Å². The number of hydrogen-bond acceptors (Lipinski definition) is 3. The Balaban J connectivity index is 1.89. The summed E-state index contributed by atoms with van der Waals surface area (Å²) in [4.78, 5) is 8.85. The van der Waals surface area contributed by atoms with E-state index >= 15 is 0 Å². The molecule has 4 aromatic rings. The van der Waals surface area contributed by atoms with Gasteiger partial charge in [0.1, 0.15) is 4.60 Å². The van der Waals surface area contributed by atoms with E-state index in [0.717, 1.165) is 27.1 Å². The summed E-state index contributed by atoms with van der Waals surface area (Å²) in [5, 5.41) is 5.74. The van der Waals surface area contributed by atoms with Gasteiger partial charge in [0.15, 0.2) is 11.5 Å². The molecule has 0 unspecified atom stereocenters. The van der Waals surface area contributed by atoms with Crippen molar-refractivity contribution in [3.63, 3.8) is 0 Å². The van der Waals surface area contributed by atoms with Gasteiger partial charge in [-0.1, -0.05) is 36.4 Å². The quantitative estimate of drug-likeness (QED) is 0.589. The molecule has 0 aliphatic rings. The summed E-state index contributed by atoms with van der Waals surface area (Å²) in [6.45, 7) is 0. The molecule has 0 aliphatic heterocycles. The molecule has 2 heterocycles. The number of nitrogens with zero attached hydrogens (tertiary/aromatic N) is 3. The van der Waals surface area contributed by atoms with Gasteiger partial charge in [-0.3, -0.25) is 0 Å². The van der Waals surface area contributed by atoms with Crippen molar-refractivity contribution in [1.29, 1.82) is 0 Å². The molecule has 2 aromatic carbocycles. The zero-order valence-corrected chi connectivity index (χ0v) is 12.6. The summed E-state index contributed by atoms with van der Waals surface area (Å²) < 4.78 is 2.70. The second kappa shape index (κ2) is 4.86. The van der Waals surface area contributed by atoms with Crippen LogP contribution in [-0.4, -0.2) is 14.4 Å². The van der Waals surface area contributed by atoms with E-state index in [2.05, 4.69) is 49.4 Å². The van der Waals surface area contributed by atoms with Crippen LogP contribution < -0.4 is 5.32 Å². The van der Waals surface area contributed by atoms with Gasteiger partial charge < -0.3 is 9.72 Å². The summed E-state index contributed by atoms with van der Waals surface area (Å²) in [7, 11) is 0. The van der Waals surface area contributed by atoms with Crippen LogP contribution in [0.5, 0.6) is 0 Å². The molecule has 0 aliphatic carbocycles. The van der Waals surface area contributed by atoms with Crippen LogP contribution in [0, 0.1) is 0 Å². The van der Waals surface area contributed by atoms with Crippen LogP contribution in [-0.2, 0) is 0 Å². The number of halogens is 1. The third-order valence-corrected chi connectivity index (χ3v) is 3.77. The summed E-state index contributed by atoms with van der Waals surface area (Å²) in [5.41, 5.74) is 1.81. The molecule has 0 radical (unpaired) electrons. The summed E-state index contributed by atoms with van der Waals surface area (Å²) in [5.74, 6) is 0.728. The highest BCUT2D eigenvalue weighted by Gasteiger charge is 2.08. The predicted octanol–water partition coefficient (Wildman–Crippen LogP) is 4.39. The van der Waals surface area contributed by atoms with Gasteiger partial charge in [0.05, 0.1) is 0 Å². The highest BCUT2D eigenvalue weighted by molar-refractivity contribution is 9.10. The molecular formula is C16H11BrN4. The molecule has 5 heteroatoms. The van der Waals surface area contributed by atoms with Crippen LogP contribution in [0.4, 0.5) is 11.5 Å². The van der Waals surface area contributed by atoms with E-state index in [-0.39, 0.29) is 0 Å². The first kappa shape index (κ1) is 12.3. The fraction of sp³-hybridized carbons (Fsp3) is 0. The predicted molar refractivity (Wildman–Crippen MR) is 87.9 cm³/mol. The van der Waals surface area contributed by atoms with Crippen molar-refractivity contribution in [2.75, 3.05) is 5.32 Å². The SMILES string of the molecule is Brc1cn2ccnc2c(Nc2cccc3ccccc23)n1. The van der Waals surface area contributed by atoms with Crippen molar-refractivity contribution in [3.05, 3.63) is 65.7 Å². The largest absolute Gasteiger partial charge is 0.337 e. The van der Waals surface area contributed by atoms with Crippen LogP contribution in [0.25, 0.3) is 16.4 Å². The van der Waals surface area contributed by atoms with Crippen LogP contribution >= 0.6 is 15.9 Å². The smallest absolute Gasteiger partial charge is 0.180 e. The zero-order valence-electron chi connectivity index (χ0n) is 11.0. The first-order valence-electron chi connectivity index (χ1n) is 6.55. The number of anilines is 2. The molecular weight excluding hydrogens is 328 g/mol. The molecule has 4 nitrogen and oxygen atoms in total. The molecule has 0 saturated heterocycles. The number of nitrogens with one attached hydrogen (secondary N) is 1. The van der Waals surface area contributed by atoms with Crippen molar-refractivity contribution >= 4 is 43.9 Å². The monoisotopic (exact) mass is 338 g/mol. The lowest BCUT2D eigenvalue weighted by Gasteiger charge is -2.10. The molecule has 102 valence electrons. The van der Waals surface area contributed by atoms with Crippen molar-refractivity contribution in [2.24, 2.45) is 0 Å². The Labute approximate surface area is 129 Å². The van der Waals surface area contributed by atoms with E-state index in [1.54, 1.807) is 6.20 Å². The Morgan fingerprint density at radius 2 is 1.90 bits per heavy atom. The first-order valence-corrected chi connectivity index (χ1v) is 7.34. The lowest BCUT2D eigenvalue weighted by Crippen LogP contribution is -1.99. The second-order valence-corrected chi connectivity index (χ2v) is 5.53. The van der Waals surface area contributed by atoms with E-state index in [1.807, 2.05) is 41.1 Å². The highest BCUT2D eigenvalue weighted by Crippen LogP contribution is 2.27. The molecule has 21 heavy (non-hydrogen) atoms. The van der Waals surface area contributed by atoms with E-state index in [9.17, 15) is 0 Å². The zero-order chi connectivity index (χ0) is 14.2. The standard InChI is InChI=1S/C16H11BrN4/c17-14-10-21-9-8-18-16(21)15(20-14)19-13-7-3-5-11-4-1-2-6-12(11)13/h1-10H,(H,19,20). The second-order valence-electron chi connectivity index (χ2n) is 4.72. The number of hydrogen-bond donors (Lipinski definition) is 1. The Morgan fingerprint density at radius 1 is 1.05 bits per heavy atom. The van der Waals surface area contributed by atoms with Gasteiger partial charge in [-0.05, 0) is 27.4 Å². The molecule has 0 amide bonds. The minimum atomic E-state index is 0.728. The summed E-state index contributed by atoms with van der Waals surface area (Å²) in [6.07, 6.45) is 5.55. The van der Waals surface area contributed by atoms with Gasteiger partial charge in [-0.15, -0.1) is 0 Å². The van der Waals surface area contributed by atoms with Crippen LogP contribution in [0.1, 0.15) is 0 Å². The van der Waals surface area contributed by atoms with Gasteiger partial charge in [0, 0.05) is 29.7 Å². The molecule has 0 saturated carbocycles. The number of aromatic nitrogens is 3. The molecule has 1 N–H and O–H groups in total. The average molecular weight is 339 g/mol. The van der Waals surface area contributed by atoms with Crippen molar-refractivity contribution in [1.82, 2.24) is 14.4 Å². The molecule has 2 aromatic heterocycles. The Kier molecular flexibility index (Phi) is 2.86. The fourth-order valence-electron chi connectivity index (χ4n) is 2.45. The Hall–Kier alpha value is -2.40. The molecule has 0 fully saturated rings. The van der Waals surface area contributed by atoms with E-state index in [1.165, 1.54) is 5.39 Å². The third-order valence-electron chi connectivity index (χ3n) is 3.39. The van der Waals surface area contributed by atoms with E-state index < -0.39 is 0 Å². The Morgan fingerprint density at radius 3 is 2.86 bits per heavy atom. The van der Waals surface area contributed by atoms with Gasteiger partial charge in [-0.25, -0.2) is 9.97 Å². The Bertz CT molecular complexity index is 940. The molecule has 0 bridgehead atoms. The van der Waals surface area contributed by atoms with Crippen LogP contribution in [0.3, 0.4) is 0 Å². The number of fused-ring (bicyclic) bond motifs is 2. The number of benzene rings is 2.